The molecule has 0 atom stereocenters. The Morgan fingerprint density at radius 1 is 1.35 bits per heavy atom. The number of aromatic nitrogens is 1. The number of halogens is 1. The molecule has 2 rings (SSSR count). The number of nitrogens with zero attached hydrogens (tertiary/aromatic N) is 1. The molecule has 0 aliphatic heterocycles. The van der Waals surface area contributed by atoms with Crippen LogP contribution in [-0.4, -0.2) is 10.1 Å². The summed E-state index contributed by atoms with van der Waals surface area (Å²) in [5.74, 6) is 0.0848. The molecule has 0 aliphatic carbocycles. The van der Waals surface area contributed by atoms with Crippen LogP contribution in [0.15, 0.2) is 36.5 Å². The number of nitrogens with one attached hydrogen (secondary N) is 1. The fourth-order valence-electron chi connectivity index (χ4n) is 1.41. The second-order valence-electron chi connectivity index (χ2n) is 3.59. The third-order valence-corrected chi connectivity index (χ3v) is 2.64. The van der Waals surface area contributed by atoms with Crippen molar-refractivity contribution in [1.82, 2.24) is 4.98 Å². The number of rotatable bonds is 3. The Kier molecular flexibility index (Phi) is 3.35. The van der Waals surface area contributed by atoms with Gasteiger partial charge in [0.25, 0.3) is 0 Å². The molecule has 1 aromatic heterocycles. The molecule has 17 heavy (non-hydrogen) atoms. The zero-order valence-corrected chi connectivity index (χ0v) is 9.78. The molecule has 0 aliphatic rings. The van der Waals surface area contributed by atoms with Crippen LogP contribution in [0.5, 0.6) is 5.75 Å². The summed E-state index contributed by atoms with van der Waals surface area (Å²) in [6.07, 6.45) is 1.63. The molecule has 88 valence electrons. The lowest BCUT2D eigenvalue weighted by Gasteiger charge is -2.08. The van der Waals surface area contributed by atoms with Crippen molar-refractivity contribution in [3.8, 4) is 5.75 Å². The number of nitrogen functional groups attached to an aromatic ring is 1. The van der Waals surface area contributed by atoms with Crippen molar-refractivity contribution in [3.05, 3.63) is 47.2 Å². The summed E-state index contributed by atoms with van der Waals surface area (Å²) in [7, 11) is 0. The van der Waals surface area contributed by atoms with Crippen LogP contribution in [0.1, 0.15) is 5.56 Å². The Hall–Kier alpha value is -1.94. The molecule has 0 saturated heterocycles. The van der Waals surface area contributed by atoms with E-state index < -0.39 is 0 Å². The third-order valence-electron chi connectivity index (χ3n) is 2.34. The maximum atomic E-state index is 9.46. The average Bonchev–Trinajstić information content (AvgIpc) is 2.32. The van der Waals surface area contributed by atoms with Gasteiger partial charge in [0.15, 0.2) is 5.15 Å². The molecule has 1 heterocycles. The fourth-order valence-corrected chi connectivity index (χ4v) is 1.60. The first-order valence-corrected chi connectivity index (χ1v) is 5.46. The number of anilines is 2. The highest BCUT2D eigenvalue weighted by Gasteiger charge is 2.01. The van der Waals surface area contributed by atoms with Crippen LogP contribution < -0.4 is 11.1 Å². The van der Waals surface area contributed by atoms with Gasteiger partial charge in [-0.15, -0.1) is 0 Å². The minimum absolute atomic E-state index is 0.0848. The number of aromatic hydroxyl groups is 1. The molecule has 0 radical (unpaired) electrons. The lowest BCUT2D eigenvalue weighted by Crippen LogP contribution is -2.00. The molecule has 0 fully saturated rings. The lowest BCUT2D eigenvalue weighted by molar-refractivity contribution is 0.477. The minimum atomic E-state index is 0.0848. The van der Waals surface area contributed by atoms with E-state index in [0.29, 0.717) is 17.4 Å². The van der Waals surface area contributed by atoms with Crippen LogP contribution in [0.4, 0.5) is 11.4 Å². The number of phenolic OH excluding ortho intramolecular Hbond substituents is 1. The third kappa shape index (κ3) is 2.79. The van der Waals surface area contributed by atoms with Crippen molar-refractivity contribution in [2.75, 3.05) is 11.1 Å². The summed E-state index contributed by atoms with van der Waals surface area (Å²) in [5.41, 5.74) is 7.56. The van der Waals surface area contributed by atoms with E-state index in [1.807, 2.05) is 12.1 Å². The summed E-state index contributed by atoms with van der Waals surface area (Å²) in [5, 5.41) is 13.0. The highest BCUT2D eigenvalue weighted by Crippen LogP contribution is 2.22. The number of pyridine rings is 1. The highest BCUT2D eigenvalue weighted by atomic mass is 35.5. The summed E-state index contributed by atoms with van der Waals surface area (Å²) >= 11 is 5.90. The second-order valence-corrected chi connectivity index (χ2v) is 3.95. The van der Waals surface area contributed by atoms with Gasteiger partial charge in [-0.05, 0) is 29.8 Å². The van der Waals surface area contributed by atoms with E-state index in [4.69, 9.17) is 17.3 Å². The Balaban J connectivity index is 2.08. The van der Waals surface area contributed by atoms with Gasteiger partial charge in [0.2, 0.25) is 0 Å². The average molecular weight is 250 g/mol. The van der Waals surface area contributed by atoms with Gasteiger partial charge in [-0.25, -0.2) is 4.98 Å². The van der Waals surface area contributed by atoms with Crippen molar-refractivity contribution in [2.45, 2.75) is 6.54 Å². The van der Waals surface area contributed by atoms with Crippen LogP contribution in [0.25, 0.3) is 0 Å². The summed E-state index contributed by atoms with van der Waals surface area (Å²) < 4.78 is 0. The van der Waals surface area contributed by atoms with Gasteiger partial charge in [0.05, 0.1) is 11.4 Å². The van der Waals surface area contributed by atoms with Crippen LogP contribution in [0, 0.1) is 0 Å². The zero-order valence-electron chi connectivity index (χ0n) is 9.02. The van der Waals surface area contributed by atoms with Crippen LogP contribution in [-0.2, 0) is 6.54 Å². The molecular formula is C12H12ClN3O. The molecule has 4 nitrogen and oxygen atoms in total. The maximum Gasteiger partial charge on any atom is 0.152 e. The molecule has 0 spiro atoms. The Morgan fingerprint density at radius 2 is 2.18 bits per heavy atom. The molecular weight excluding hydrogens is 238 g/mol. The van der Waals surface area contributed by atoms with Gasteiger partial charge in [0.1, 0.15) is 5.75 Å². The number of nitrogens with two attached hydrogens (primary N) is 1. The Bertz CT molecular complexity index is 531. The van der Waals surface area contributed by atoms with Crippen LogP contribution in [0.2, 0.25) is 5.15 Å². The summed E-state index contributed by atoms with van der Waals surface area (Å²) in [4.78, 5) is 3.96. The maximum absolute atomic E-state index is 9.46. The van der Waals surface area contributed by atoms with Gasteiger partial charge >= 0.3 is 0 Å². The van der Waals surface area contributed by atoms with Crippen molar-refractivity contribution in [2.24, 2.45) is 0 Å². The number of hydrogen-bond acceptors (Lipinski definition) is 4. The lowest BCUT2D eigenvalue weighted by atomic mass is 10.2. The monoisotopic (exact) mass is 249 g/mol. The van der Waals surface area contributed by atoms with Gasteiger partial charge < -0.3 is 16.2 Å². The van der Waals surface area contributed by atoms with Crippen LogP contribution >= 0.6 is 11.6 Å². The summed E-state index contributed by atoms with van der Waals surface area (Å²) in [6, 6.07) is 8.76. The van der Waals surface area contributed by atoms with Gasteiger partial charge in [-0.3, -0.25) is 0 Å². The quantitative estimate of drug-likeness (QED) is 0.444. The van der Waals surface area contributed by atoms with E-state index >= 15 is 0 Å². The normalized spacial score (nSPS) is 10.2. The van der Waals surface area contributed by atoms with Crippen LogP contribution in [0.3, 0.4) is 0 Å². The van der Waals surface area contributed by atoms with Gasteiger partial charge in [-0.1, -0.05) is 17.7 Å². The van der Waals surface area contributed by atoms with E-state index in [1.165, 1.54) is 0 Å². The summed E-state index contributed by atoms with van der Waals surface area (Å²) in [6.45, 7) is 0.541. The number of hydrogen-bond donors (Lipinski definition) is 3. The first-order valence-electron chi connectivity index (χ1n) is 5.08. The van der Waals surface area contributed by atoms with E-state index in [1.54, 1.807) is 24.4 Å². The van der Waals surface area contributed by atoms with Gasteiger partial charge in [-0.2, -0.15) is 0 Å². The van der Waals surface area contributed by atoms with Gasteiger partial charge in [0, 0.05) is 12.7 Å². The molecule has 0 amide bonds. The first-order chi connectivity index (χ1) is 8.16. The Morgan fingerprint density at radius 3 is 2.88 bits per heavy atom. The van der Waals surface area contributed by atoms with E-state index in [9.17, 15) is 5.11 Å². The van der Waals surface area contributed by atoms with Crippen molar-refractivity contribution >= 4 is 23.0 Å². The molecule has 1 aromatic carbocycles. The first kappa shape index (κ1) is 11.5. The largest absolute Gasteiger partial charge is 0.506 e. The minimum Gasteiger partial charge on any atom is -0.506 e. The SMILES string of the molecule is Nc1ccc(CNc2cccnc2Cl)cc1O. The topological polar surface area (TPSA) is 71.2 Å². The fraction of sp³-hybridized carbons (Fsp3) is 0.0833. The number of phenols is 1. The highest BCUT2D eigenvalue weighted by molar-refractivity contribution is 6.31. The van der Waals surface area contributed by atoms with E-state index in [-0.39, 0.29) is 5.75 Å². The smallest absolute Gasteiger partial charge is 0.152 e. The molecule has 0 saturated carbocycles. The predicted octanol–water partition coefficient (Wildman–Crippen LogP) is 2.63. The Labute approximate surface area is 104 Å². The van der Waals surface area contributed by atoms with Crippen molar-refractivity contribution < 1.29 is 5.11 Å². The number of benzene rings is 1. The molecule has 0 bridgehead atoms. The predicted molar refractivity (Wildman–Crippen MR) is 69.1 cm³/mol. The van der Waals surface area contributed by atoms with E-state index in [2.05, 4.69) is 10.3 Å². The standard InChI is InChI=1S/C12H12ClN3O/c13-12-10(2-1-5-15-12)16-7-8-3-4-9(14)11(17)6-8/h1-6,16-17H,7,14H2. The molecule has 2 aromatic rings. The molecule has 4 N–H and O–H groups in total. The van der Waals surface area contributed by atoms with Crippen molar-refractivity contribution in [3.63, 3.8) is 0 Å². The second kappa shape index (κ2) is 4.93. The molecule has 0 unspecified atom stereocenters. The van der Waals surface area contributed by atoms with Crippen molar-refractivity contribution in [1.29, 1.82) is 0 Å². The zero-order chi connectivity index (χ0) is 12.3. The van der Waals surface area contributed by atoms with E-state index in [0.717, 1.165) is 11.3 Å². The molecule has 5 heteroatoms.